The minimum absolute atomic E-state index is 0.0252. The van der Waals surface area contributed by atoms with Gasteiger partial charge in [-0.2, -0.15) is 0 Å². The smallest absolute Gasteiger partial charge is 0.170 e. The van der Waals surface area contributed by atoms with Crippen LogP contribution in [0.4, 0.5) is 4.39 Å². The van der Waals surface area contributed by atoms with Crippen molar-refractivity contribution >= 4 is 17.3 Å². The average molecular weight is 435 g/mol. The van der Waals surface area contributed by atoms with Crippen molar-refractivity contribution in [1.82, 2.24) is 19.8 Å². The number of hydrogen-bond acceptors (Lipinski definition) is 2. The Morgan fingerprint density at radius 3 is 2.52 bits per heavy atom. The molecule has 160 valence electrons. The van der Waals surface area contributed by atoms with Gasteiger partial charge in [-0.25, -0.2) is 4.39 Å². The first-order valence-electron chi connectivity index (χ1n) is 11.0. The van der Waals surface area contributed by atoms with Crippen molar-refractivity contribution < 1.29 is 4.39 Å². The molecule has 3 heterocycles. The summed E-state index contributed by atoms with van der Waals surface area (Å²) in [6.07, 6.45) is 6.61. The lowest BCUT2D eigenvalue weighted by atomic mass is 9.95. The van der Waals surface area contributed by atoms with Crippen LogP contribution in [-0.2, 0) is 0 Å². The number of hydrogen-bond donors (Lipinski definition) is 1. The first-order valence-corrected chi connectivity index (χ1v) is 11.4. The highest BCUT2D eigenvalue weighted by Crippen LogP contribution is 2.44. The van der Waals surface area contributed by atoms with E-state index in [1.165, 1.54) is 24.5 Å². The van der Waals surface area contributed by atoms with Gasteiger partial charge >= 0.3 is 0 Å². The van der Waals surface area contributed by atoms with E-state index in [4.69, 9.17) is 12.2 Å². The molecule has 0 spiro atoms. The van der Waals surface area contributed by atoms with Gasteiger partial charge in [0.25, 0.3) is 0 Å². The quantitative estimate of drug-likeness (QED) is 0.546. The molecule has 0 amide bonds. The highest BCUT2D eigenvalue weighted by molar-refractivity contribution is 7.80. The molecular formula is C25H27FN4S. The number of benzene rings is 1. The van der Waals surface area contributed by atoms with Crippen LogP contribution < -0.4 is 5.32 Å². The zero-order valence-corrected chi connectivity index (χ0v) is 18.7. The van der Waals surface area contributed by atoms with Crippen LogP contribution in [0.25, 0.3) is 5.69 Å². The molecule has 2 fully saturated rings. The minimum atomic E-state index is -0.218. The monoisotopic (exact) mass is 434 g/mol. The Bertz CT molecular complexity index is 1100. The number of rotatable bonds is 4. The third-order valence-electron chi connectivity index (χ3n) is 6.74. The SMILES string of the molecule is Cc1cc([C@H]2[C@H](c3ccccn3)NC(=S)N2C2CCCC2)c(C)n1-c1ccccc1F. The standard InChI is InChI=1S/C25H27FN4S/c1-16-15-19(17(2)29(16)22-13-6-5-11-20(22)26)24-23(21-12-7-8-14-27-21)28-25(31)30(24)18-9-3-4-10-18/h5-8,11-15,18,23-24H,3-4,9-10H2,1-2H3,(H,28,31)/t23-,24-/m0/s1. The Morgan fingerprint density at radius 1 is 1.06 bits per heavy atom. The van der Waals surface area contributed by atoms with Gasteiger partial charge in [0.05, 0.1) is 23.5 Å². The lowest BCUT2D eigenvalue weighted by Gasteiger charge is -2.33. The van der Waals surface area contributed by atoms with Crippen molar-refractivity contribution in [1.29, 1.82) is 0 Å². The van der Waals surface area contributed by atoms with E-state index in [2.05, 4.69) is 34.3 Å². The molecule has 1 aromatic carbocycles. The summed E-state index contributed by atoms with van der Waals surface area (Å²) >= 11 is 5.85. The number of nitrogens with one attached hydrogen (secondary N) is 1. The third kappa shape index (κ3) is 3.43. The van der Waals surface area contributed by atoms with Crippen LogP contribution in [0.3, 0.4) is 0 Å². The van der Waals surface area contributed by atoms with E-state index in [9.17, 15) is 4.39 Å². The van der Waals surface area contributed by atoms with Gasteiger partial charge < -0.3 is 14.8 Å². The molecular weight excluding hydrogens is 407 g/mol. The minimum Gasteiger partial charge on any atom is -0.352 e. The highest BCUT2D eigenvalue weighted by atomic mass is 32.1. The molecule has 4 nitrogen and oxygen atoms in total. The van der Waals surface area contributed by atoms with Crippen LogP contribution in [0.5, 0.6) is 0 Å². The van der Waals surface area contributed by atoms with Gasteiger partial charge in [-0.05, 0) is 74.8 Å². The molecule has 1 aliphatic heterocycles. The number of halogens is 1. The summed E-state index contributed by atoms with van der Waals surface area (Å²) in [5, 5.41) is 4.36. The molecule has 1 saturated heterocycles. The van der Waals surface area contributed by atoms with Gasteiger partial charge in [-0.15, -0.1) is 0 Å². The fourth-order valence-corrected chi connectivity index (χ4v) is 5.75. The lowest BCUT2D eigenvalue weighted by Crippen LogP contribution is -2.37. The molecule has 1 aliphatic carbocycles. The molecule has 5 rings (SSSR count). The Kier molecular flexibility index (Phi) is 5.26. The first kappa shape index (κ1) is 20.2. The van der Waals surface area contributed by atoms with Crippen LogP contribution >= 0.6 is 12.2 Å². The zero-order chi connectivity index (χ0) is 21.5. The Morgan fingerprint density at radius 2 is 1.81 bits per heavy atom. The zero-order valence-electron chi connectivity index (χ0n) is 17.9. The van der Waals surface area contributed by atoms with Crippen molar-refractivity contribution in [2.75, 3.05) is 0 Å². The van der Waals surface area contributed by atoms with Gasteiger partial charge in [0.15, 0.2) is 5.11 Å². The molecule has 1 saturated carbocycles. The molecule has 6 heteroatoms. The van der Waals surface area contributed by atoms with Crippen LogP contribution in [0.1, 0.15) is 60.4 Å². The van der Waals surface area contributed by atoms with Gasteiger partial charge in [0.2, 0.25) is 0 Å². The molecule has 2 aliphatic rings. The van der Waals surface area contributed by atoms with E-state index in [1.807, 2.05) is 42.0 Å². The van der Waals surface area contributed by atoms with Crippen molar-refractivity contribution in [3.05, 3.63) is 83.2 Å². The predicted octanol–water partition coefficient (Wildman–Crippen LogP) is 5.54. The lowest BCUT2D eigenvalue weighted by molar-refractivity contribution is 0.245. The summed E-state index contributed by atoms with van der Waals surface area (Å²) in [7, 11) is 0. The van der Waals surface area contributed by atoms with E-state index < -0.39 is 0 Å². The molecule has 2 atom stereocenters. The number of aryl methyl sites for hydroxylation is 1. The number of para-hydroxylation sites is 1. The fraction of sp³-hybridized carbons (Fsp3) is 0.360. The molecule has 0 bridgehead atoms. The maximum atomic E-state index is 14.7. The summed E-state index contributed by atoms with van der Waals surface area (Å²) in [6.45, 7) is 4.12. The van der Waals surface area contributed by atoms with Gasteiger partial charge in [-0.1, -0.05) is 31.0 Å². The number of aromatic nitrogens is 2. The van der Waals surface area contributed by atoms with Crippen molar-refractivity contribution in [3.63, 3.8) is 0 Å². The highest BCUT2D eigenvalue weighted by Gasteiger charge is 2.44. The van der Waals surface area contributed by atoms with E-state index >= 15 is 0 Å². The summed E-state index contributed by atoms with van der Waals surface area (Å²) in [5.41, 5.74) is 4.80. The predicted molar refractivity (Wildman–Crippen MR) is 125 cm³/mol. The largest absolute Gasteiger partial charge is 0.352 e. The van der Waals surface area contributed by atoms with Gasteiger partial charge in [0, 0.05) is 23.6 Å². The van der Waals surface area contributed by atoms with E-state index in [0.717, 1.165) is 35.0 Å². The van der Waals surface area contributed by atoms with Crippen molar-refractivity contribution in [3.8, 4) is 5.69 Å². The topological polar surface area (TPSA) is 33.1 Å². The maximum absolute atomic E-state index is 14.7. The average Bonchev–Trinajstić information content (AvgIpc) is 3.47. The first-order chi connectivity index (χ1) is 15.1. The van der Waals surface area contributed by atoms with E-state index in [0.29, 0.717) is 11.7 Å². The molecule has 31 heavy (non-hydrogen) atoms. The Labute approximate surface area is 188 Å². The van der Waals surface area contributed by atoms with Crippen LogP contribution in [-0.4, -0.2) is 25.6 Å². The summed E-state index contributed by atoms with van der Waals surface area (Å²) < 4.78 is 16.7. The maximum Gasteiger partial charge on any atom is 0.170 e. The van der Waals surface area contributed by atoms with Crippen LogP contribution in [0.15, 0.2) is 54.7 Å². The van der Waals surface area contributed by atoms with Crippen molar-refractivity contribution in [2.24, 2.45) is 0 Å². The number of pyridine rings is 1. The second kappa shape index (κ2) is 8.08. The summed E-state index contributed by atoms with van der Waals surface area (Å²) in [4.78, 5) is 7.05. The summed E-state index contributed by atoms with van der Waals surface area (Å²) in [5.74, 6) is -0.218. The fourth-order valence-electron chi connectivity index (χ4n) is 5.36. The molecule has 2 aromatic heterocycles. The normalized spacial score (nSPS) is 21.6. The van der Waals surface area contributed by atoms with Crippen molar-refractivity contribution in [2.45, 2.75) is 57.7 Å². The third-order valence-corrected chi connectivity index (χ3v) is 7.06. The molecule has 0 unspecified atom stereocenters. The molecule has 1 N–H and O–H groups in total. The number of thiocarbonyl (C=S) groups is 1. The molecule has 3 aromatic rings. The Balaban J connectivity index is 1.65. The summed E-state index contributed by atoms with van der Waals surface area (Å²) in [6, 6.07) is 15.6. The molecule has 0 radical (unpaired) electrons. The number of nitrogens with zero attached hydrogens (tertiary/aromatic N) is 3. The van der Waals surface area contributed by atoms with E-state index in [-0.39, 0.29) is 17.9 Å². The second-order valence-corrected chi connectivity index (χ2v) is 8.97. The van der Waals surface area contributed by atoms with Gasteiger partial charge in [0.1, 0.15) is 5.82 Å². The Hall–Kier alpha value is -2.73. The van der Waals surface area contributed by atoms with Crippen LogP contribution in [0, 0.1) is 19.7 Å². The van der Waals surface area contributed by atoms with Gasteiger partial charge in [-0.3, -0.25) is 4.98 Å². The van der Waals surface area contributed by atoms with Crippen LogP contribution in [0.2, 0.25) is 0 Å². The second-order valence-electron chi connectivity index (χ2n) is 8.59. The van der Waals surface area contributed by atoms with E-state index in [1.54, 1.807) is 6.07 Å².